The number of hydrogen-bond donors (Lipinski definition) is 39. The topological polar surface area (TPSA) is 1030 Å². The van der Waals surface area contributed by atoms with Gasteiger partial charge in [0, 0.05) is 0 Å². The van der Waals surface area contributed by atoms with Crippen molar-refractivity contribution < 1.29 is 322 Å². The maximum absolute atomic E-state index is 11.3. The van der Waals surface area contributed by atoms with E-state index in [1.54, 1.807) is 0 Å². The zero-order chi connectivity index (χ0) is 104. The van der Waals surface area contributed by atoms with Gasteiger partial charge < -0.3 is 322 Å². The average molecular weight is 2110 g/mol. The van der Waals surface area contributed by atoms with Crippen molar-refractivity contribution in [1.29, 1.82) is 0 Å². The second-order valence-electron chi connectivity index (χ2n) is 36.5. The normalized spacial score (nSPS) is 55.4. The van der Waals surface area contributed by atoms with Crippen LogP contribution in [0.5, 0.6) is 0 Å². The molecule has 43 heterocycles. The van der Waals surface area contributed by atoms with Crippen molar-refractivity contribution in [2.24, 2.45) is 0 Å². The van der Waals surface area contributed by atoms with E-state index in [1.807, 2.05) is 0 Å². The fourth-order valence-corrected chi connectivity index (χ4v) is 19.3. The zero-order valence-electron chi connectivity index (χ0n) is 74.8. The molecule has 43 fully saturated rings. The molecule has 26 bridgehead atoms. The van der Waals surface area contributed by atoms with Gasteiger partial charge in [-0.05, 0) is 0 Å². The van der Waals surface area contributed by atoms with Gasteiger partial charge in [-0.25, -0.2) is 0 Å². The van der Waals surface area contributed by atoms with Gasteiger partial charge in [-0.15, -0.1) is 0 Å². The summed E-state index contributed by atoms with van der Waals surface area (Å²) in [6.07, 6.45) is -129. The molecule has 39 N–H and O–H groups in total. The van der Waals surface area contributed by atoms with E-state index in [4.69, 9.17) is 123 Å². The molecular formula is C78H130O65. The summed E-state index contributed by atoms with van der Waals surface area (Å²) >= 11 is 0. The lowest BCUT2D eigenvalue weighted by Crippen LogP contribution is -2.69. The van der Waals surface area contributed by atoms with Crippen molar-refractivity contribution in [3.8, 4) is 0 Å². The van der Waals surface area contributed by atoms with Crippen LogP contribution in [0.25, 0.3) is 0 Å². The molecule has 43 aliphatic rings. The van der Waals surface area contributed by atoms with Crippen LogP contribution in [0.2, 0.25) is 0 Å². The minimum Gasteiger partial charge on any atom is -0.394 e. The van der Waals surface area contributed by atoms with Gasteiger partial charge in [0.25, 0.3) is 0 Å². The first-order valence-electron chi connectivity index (χ1n) is 45.7. The SMILES string of the molecule is OC[C@H]1OC2O[C@H]3[C@H](O)[C@@H](O)C(O[C@H]4[C@H](O)[C@@H](O)C(O[C@H]5[C@H](O)[C@@H](O)C(O[C@H]6[C@H](O)[C@@H](O)C(O[C@H]7[C@H](O)[C@@H](O)C(O[C@H]1[C@H](O)[C@H]2O)O[C@@H]7CO)O[C@@H]6CO)O[C@@H]5CO)O[C@@H]4CO)O[C@@H]3CO.OC[C@H]1OC2O[C@H]3[C@H](O)[C@@H](O)C(O[C@H]4[C@H](O)[C@@H](O)C(O[C@H]5[C@H](O)[C@@H](O)C(O[C@H]6[C@H](O)[C@@H](O)C(O[C@H]7[C@H](O)[C@@H](O)C(O[C@H]8[C@H](O)[C@@H](O)C(OC1[C@H](O)[C@H]2O)O[C@@H]8CO)O[C@@H]7CO)O[C@@H]6CO)O[C@@H]5CO)O[C@@H]4CO)O[C@@H]3CO. The fraction of sp³-hybridized carbons (Fsp3) is 1.00. The average Bonchev–Trinajstić information content (AvgIpc) is 0.903. The largest absolute Gasteiger partial charge is 0.394 e. The van der Waals surface area contributed by atoms with Gasteiger partial charge in [0.1, 0.15) is 317 Å². The molecule has 0 aromatic carbocycles. The maximum Gasteiger partial charge on any atom is 0.187 e. The van der Waals surface area contributed by atoms with Crippen LogP contribution >= 0.6 is 0 Å². The van der Waals surface area contributed by atoms with Crippen molar-refractivity contribution in [3.05, 3.63) is 0 Å². The third kappa shape index (κ3) is 23.4. The van der Waals surface area contributed by atoms with Gasteiger partial charge in [-0.2, -0.15) is 0 Å². The van der Waals surface area contributed by atoms with E-state index in [9.17, 15) is 199 Å². The second-order valence-corrected chi connectivity index (χ2v) is 36.5. The molecule has 832 valence electrons. The van der Waals surface area contributed by atoms with Crippen molar-refractivity contribution >= 4 is 0 Å². The monoisotopic (exact) mass is 2110 g/mol. The molecule has 0 aromatic rings. The van der Waals surface area contributed by atoms with Gasteiger partial charge in [0.15, 0.2) is 81.8 Å². The molecule has 0 amide bonds. The molecule has 14 unspecified atom stereocenters. The van der Waals surface area contributed by atoms with Crippen LogP contribution in [-0.4, -0.2) is 684 Å². The standard InChI is InChI=1S/C42H70O35.C36H60O30/c43-1-8-29-15(50)22(57)36(64-8)72-30-9(2-44)66-38(24(59)17(30)52)74-32-11(4-46)68-40(26(61)19(32)54)76-34-13(6-48)70-42(28(63)21(34)56)77-35-14(7-49)69-41(27(62)20(35)55)75-33-12(5-47)67-39(25(60)18(33)53)73-31-10(3-45)65-37(71-29)23(58)16(31)51;37-1-7-25-13(43)19(49)31(55-7)62-26-8(2-38)57-33(21(51)15(26)45)64-28-10(4-40)59-35(23(53)17(28)47)66-30-12(6-42)60-36(24(54)18(30)48)65-29-11(5-41)58-34(22(52)16(29)46)63-27-9(3-39)56-32(61-25)20(50)14(27)44/h8-63H,1-7H2;7-54H,1-6H2/t8-,9-,10-,11-,12-,13-,14-,15-,16-,17-,18-,19-,20-,21-,22-,23-,24-,25-,26-,27-,28-,29-,30-,31-,32-,33-,34-,35?,36?,37?,38?,39?,40?,41?,42?;7-,8-,9-,10-,11-,12-,13-,14-,15-,16-,17-,18-,19-,20-,21-,22-,23-,24-,25-,26-,27-,28-,29-,30-,31?,32?,33?,34?,35?,36?/m11/s1. The molecule has 65 atom stereocenters. The van der Waals surface area contributed by atoms with Crippen LogP contribution in [0.1, 0.15) is 0 Å². The summed E-state index contributed by atoms with van der Waals surface area (Å²) in [4.78, 5) is 0. The first-order chi connectivity index (χ1) is 68.1. The Balaban J connectivity index is 0.000000230. The maximum atomic E-state index is 11.3. The summed E-state index contributed by atoms with van der Waals surface area (Å²) in [5.74, 6) is 0. The molecule has 43 saturated heterocycles. The summed E-state index contributed by atoms with van der Waals surface area (Å²) in [7, 11) is 0. The molecule has 0 radical (unpaired) electrons. The minimum absolute atomic E-state index is 0.999. The van der Waals surface area contributed by atoms with Gasteiger partial charge in [-0.3, -0.25) is 0 Å². The Morgan fingerprint density at radius 3 is 0.189 bits per heavy atom. The lowest BCUT2D eigenvalue weighted by atomic mass is 9.94. The summed E-state index contributed by atoms with van der Waals surface area (Å²) < 4.78 is 147. The van der Waals surface area contributed by atoms with E-state index in [0.717, 1.165) is 0 Å². The smallest absolute Gasteiger partial charge is 0.187 e. The van der Waals surface area contributed by atoms with Gasteiger partial charge in [0.05, 0.1) is 85.9 Å². The molecule has 0 aromatic heterocycles. The van der Waals surface area contributed by atoms with Crippen LogP contribution in [0.4, 0.5) is 0 Å². The lowest BCUT2D eigenvalue weighted by molar-refractivity contribution is -0.404. The molecule has 0 aliphatic carbocycles. The van der Waals surface area contributed by atoms with E-state index in [2.05, 4.69) is 0 Å². The van der Waals surface area contributed by atoms with Crippen LogP contribution in [0, 0.1) is 0 Å². The molecular weight excluding hydrogens is 1980 g/mol. The summed E-state index contributed by atoms with van der Waals surface area (Å²) in [6.45, 7) is -13.3. The second kappa shape index (κ2) is 49.9. The van der Waals surface area contributed by atoms with Crippen molar-refractivity contribution in [2.45, 2.75) is 399 Å². The quantitative estimate of drug-likeness (QED) is 0.0814. The third-order valence-corrected chi connectivity index (χ3v) is 27.5. The number of aliphatic hydroxyl groups excluding tert-OH is 39. The first-order valence-corrected chi connectivity index (χ1v) is 45.7. The van der Waals surface area contributed by atoms with E-state index in [1.165, 1.54) is 0 Å². The van der Waals surface area contributed by atoms with Gasteiger partial charge >= 0.3 is 0 Å². The first kappa shape index (κ1) is 116. The van der Waals surface area contributed by atoms with E-state index in [0.29, 0.717) is 0 Å². The number of rotatable bonds is 13. The van der Waals surface area contributed by atoms with E-state index in [-0.39, 0.29) is 0 Å². The van der Waals surface area contributed by atoms with E-state index >= 15 is 0 Å². The summed E-state index contributed by atoms with van der Waals surface area (Å²) in [5.41, 5.74) is 0. The number of aliphatic hydroxyl groups is 39. The third-order valence-electron chi connectivity index (χ3n) is 27.5. The molecule has 43 aliphatic heterocycles. The van der Waals surface area contributed by atoms with Crippen LogP contribution in [0.3, 0.4) is 0 Å². The Morgan fingerprint density at radius 1 is 0.0839 bits per heavy atom. The van der Waals surface area contributed by atoms with Gasteiger partial charge in [-0.1, -0.05) is 0 Å². The Kier molecular flexibility index (Phi) is 40.4. The van der Waals surface area contributed by atoms with Crippen LogP contribution in [-0.2, 0) is 123 Å². The highest BCUT2D eigenvalue weighted by atomic mass is 16.8. The van der Waals surface area contributed by atoms with Crippen molar-refractivity contribution in [1.82, 2.24) is 0 Å². The van der Waals surface area contributed by atoms with E-state index < -0.39 is 485 Å². The highest BCUT2D eigenvalue weighted by Crippen LogP contribution is 2.44. The predicted molar refractivity (Wildman–Crippen MR) is 424 cm³/mol. The molecule has 65 nitrogen and oxygen atoms in total. The number of ether oxygens (including phenoxy) is 26. The van der Waals surface area contributed by atoms with Gasteiger partial charge in [0.2, 0.25) is 0 Å². The summed E-state index contributed by atoms with van der Waals surface area (Å²) in [5, 5.41) is 426. The molecule has 0 spiro atoms. The van der Waals surface area contributed by atoms with Crippen molar-refractivity contribution in [2.75, 3.05) is 85.9 Å². The minimum atomic E-state index is -2.21. The molecule has 0 saturated carbocycles. The highest BCUT2D eigenvalue weighted by Gasteiger charge is 2.65. The highest BCUT2D eigenvalue weighted by molar-refractivity contribution is 5.07. The molecule has 143 heavy (non-hydrogen) atoms. The van der Waals surface area contributed by atoms with Crippen LogP contribution < -0.4 is 0 Å². The number of hydrogen-bond acceptors (Lipinski definition) is 65. The Hall–Kier alpha value is -2.60. The Bertz CT molecular complexity index is 3170. The molecule has 43 rings (SSSR count). The predicted octanol–water partition coefficient (Wildman–Crippen LogP) is -28.3. The Morgan fingerprint density at radius 2 is 0.140 bits per heavy atom. The van der Waals surface area contributed by atoms with Crippen molar-refractivity contribution in [3.63, 3.8) is 0 Å². The van der Waals surface area contributed by atoms with Crippen LogP contribution in [0.15, 0.2) is 0 Å². The summed E-state index contributed by atoms with van der Waals surface area (Å²) in [6, 6.07) is 0. The zero-order valence-corrected chi connectivity index (χ0v) is 74.8. The molecule has 65 heteroatoms. The lowest BCUT2D eigenvalue weighted by Gasteiger charge is -2.50. The fourth-order valence-electron chi connectivity index (χ4n) is 19.3. The Labute approximate surface area is 805 Å².